The average Bonchev–Trinajstić information content (AvgIpc) is 2.98. The summed E-state index contributed by atoms with van der Waals surface area (Å²) in [4.78, 5) is 12.4. The number of aromatic nitrogens is 3. The lowest BCUT2D eigenvalue weighted by Crippen LogP contribution is -2.14. The fourth-order valence-corrected chi connectivity index (χ4v) is 2.56. The maximum atomic E-state index is 12.4. The molecule has 122 valence electrons. The van der Waals surface area contributed by atoms with Crippen LogP contribution in [0.2, 0.25) is 0 Å². The fourth-order valence-electron chi connectivity index (χ4n) is 2.30. The highest BCUT2D eigenvalue weighted by atomic mass is 79.9. The Morgan fingerprint density at radius 1 is 1.17 bits per heavy atom. The first-order valence-electron chi connectivity index (χ1n) is 7.23. The number of ether oxygens (including phenoxy) is 1. The molecule has 0 saturated carbocycles. The number of carbonyl (C=O) groups is 1. The van der Waals surface area contributed by atoms with Crippen molar-refractivity contribution in [3.8, 4) is 11.4 Å². The molecule has 0 unspecified atom stereocenters. The standard InChI is InChI=1S/C17H15BrN4O2/c1-11-16(17(23)19-13-9-7-12(18)8-10-13)20-21-22(11)14-5-3-4-6-15(14)24-2/h3-10H,1-2H3,(H,19,23). The summed E-state index contributed by atoms with van der Waals surface area (Å²) in [7, 11) is 1.59. The molecule has 0 aliphatic heterocycles. The predicted octanol–water partition coefficient (Wildman–Crippen LogP) is 3.60. The van der Waals surface area contributed by atoms with Crippen molar-refractivity contribution in [1.82, 2.24) is 15.0 Å². The van der Waals surface area contributed by atoms with Crippen molar-refractivity contribution >= 4 is 27.5 Å². The Balaban J connectivity index is 1.89. The van der Waals surface area contributed by atoms with Crippen molar-refractivity contribution in [2.24, 2.45) is 0 Å². The minimum Gasteiger partial charge on any atom is -0.494 e. The largest absolute Gasteiger partial charge is 0.494 e. The lowest BCUT2D eigenvalue weighted by atomic mass is 10.2. The molecule has 0 aliphatic carbocycles. The molecule has 7 heteroatoms. The molecule has 0 atom stereocenters. The topological polar surface area (TPSA) is 69.0 Å². The van der Waals surface area contributed by atoms with Gasteiger partial charge in [0.25, 0.3) is 5.91 Å². The molecule has 0 bridgehead atoms. The van der Waals surface area contributed by atoms with E-state index in [0.717, 1.165) is 10.2 Å². The molecule has 0 spiro atoms. The summed E-state index contributed by atoms with van der Waals surface area (Å²) in [5.74, 6) is 0.348. The summed E-state index contributed by atoms with van der Waals surface area (Å²) < 4.78 is 7.87. The predicted molar refractivity (Wildman–Crippen MR) is 94.7 cm³/mol. The van der Waals surface area contributed by atoms with Crippen LogP contribution in [-0.2, 0) is 0 Å². The highest BCUT2D eigenvalue weighted by molar-refractivity contribution is 9.10. The zero-order valence-corrected chi connectivity index (χ0v) is 14.7. The van der Waals surface area contributed by atoms with Crippen LogP contribution in [0.4, 0.5) is 5.69 Å². The summed E-state index contributed by atoms with van der Waals surface area (Å²) in [5, 5.41) is 10.9. The number of hydrogen-bond donors (Lipinski definition) is 1. The number of rotatable bonds is 4. The Morgan fingerprint density at radius 3 is 2.58 bits per heavy atom. The molecule has 1 aromatic heterocycles. The number of nitrogens with zero attached hydrogens (tertiary/aromatic N) is 3. The van der Waals surface area contributed by atoms with E-state index >= 15 is 0 Å². The summed E-state index contributed by atoms with van der Waals surface area (Å²) in [5.41, 5.74) is 2.32. The molecule has 1 N–H and O–H groups in total. The Labute approximate surface area is 147 Å². The van der Waals surface area contributed by atoms with Gasteiger partial charge in [-0.2, -0.15) is 0 Å². The number of methoxy groups -OCH3 is 1. The van der Waals surface area contributed by atoms with E-state index in [4.69, 9.17) is 4.74 Å². The van der Waals surface area contributed by atoms with E-state index in [-0.39, 0.29) is 11.6 Å². The second-order valence-corrected chi connectivity index (χ2v) is 5.98. The van der Waals surface area contributed by atoms with Gasteiger partial charge < -0.3 is 10.1 Å². The molecule has 3 aromatic rings. The first kappa shape index (κ1) is 16.2. The molecule has 1 amide bonds. The maximum absolute atomic E-state index is 12.4. The van der Waals surface area contributed by atoms with Crippen LogP contribution in [0, 0.1) is 6.92 Å². The van der Waals surface area contributed by atoms with Crippen molar-refractivity contribution in [2.45, 2.75) is 6.92 Å². The Morgan fingerprint density at radius 2 is 1.88 bits per heavy atom. The highest BCUT2D eigenvalue weighted by Gasteiger charge is 2.19. The van der Waals surface area contributed by atoms with Crippen LogP contribution < -0.4 is 10.1 Å². The smallest absolute Gasteiger partial charge is 0.278 e. The molecule has 1 heterocycles. The van der Waals surface area contributed by atoms with Crippen LogP contribution in [0.3, 0.4) is 0 Å². The van der Waals surface area contributed by atoms with E-state index < -0.39 is 0 Å². The van der Waals surface area contributed by atoms with Crippen LogP contribution in [0.1, 0.15) is 16.2 Å². The molecule has 3 rings (SSSR count). The number of nitrogens with one attached hydrogen (secondary N) is 1. The van der Waals surface area contributed by atoms with Gasteiger partial charge in [-0.3, -0.25) is 4.79 Å². The van der Waals surface area contributed by atoms with Crippen LogP contribution >= 0.6 is 15.9 Å². The van der Waals surface area contributed by atoms with Gasteiger partial charge in [0.15, 0.2) is 5.69 Å². The van der Waals surface area contributed by atoms with Crippen molar-refractivity contribution in [3.63, 3.8) is 0 Å². The second-order valence-electron chi connectivity index (χ2n) is 5.07. The average molecular weight is 387 g/mol. The van der Waals surface area contributed by atoms with E-state index in [2.05, 4.69) is 31.6 Å². The number of para-hydroxylation sites is 2. The Bertz CT molecular complexity index is 875. The fraction of sp³-hybridized carbons (Fsp3) is 0.118. The van der Waals surface area contributed by atoms with Gasteiger partial charge >= 0.3 is 0 Å². The monoisotopic (exact) mass is 386 g/mol. The summed E-state index contributed by atoms with van der Waals surface area (Å²) >= 11 is 3.36. The lowest BCUT2D eigenvalue weighted by molar-refractivity contribution is 0.102. The minimum atomic E-state index is -0.309. The van der Waals surface area contributed by atoms with Gasteiger partial charge in [-0.05, 0) is 43.3 Å². The van der Waals surface area contributed by atoms with Crippen LogP contribution in [0.25, 0.3) is 5.69 Å². The Hall–Kier alpha value is -2.67. The number of anilines is 1. The molecule has 6 nitrogen and oxygen atoms in total. The third kappa shape index (κ3) is 3.16. The normalized spacial score (nSPS) is 10.5. The number of carbonyl (C=O) groups excluding carboxylic acids is 1. The van der Waals surface area contributed by atoms with Crippen LogP contribution in [-0.4, -0.2) is 28.0 Å². The van der Waals surface area contributed by atoms with Crippen molar-refractivity contribution < 1.29 is 9.53 Å². The third-order valence-corrected chi connectivity index (χ3v) is 4.05. The summed E-state index contributed by atoms with van der Waals surface area (Å²) in [6, 6.07) is 14.8. The minimum absolute atomic E-state index is 0.267. The zero-order chi connectivity index (χ0) is 17.1. The molecule has 2 aromatic carbocycles. The van der Waals surface area contributed by atoms with Crippen molar-refractivity contribution in [3.05, 3.63) is 64.4 Å². The molecular weight excluding hydrogens is 372 g/mol. The molecule has 0 aliphatic rings. The number of halogens is 1. The summed E-state index contributed by atoms with van der Waals surface area (Å²) in [6.07, 6.45) is 0. The van der Waals surface area contributed by atoms with Gasteiger partial charge in [-0.15, -0.1) is 5.10 Å². The summed E-state index contributed by atoms with van der Waals surface area (Å²) in [6.45, 7) is 1.79. The highest BCUT2D eigenvalue weighted by Crippen LogP contribution is 2.23. The molecule has 0 fully saturated rings. The van der Waals surface area contributed by atoms with E-state index in [1.54, 1.807) is 18.7 Å². The maximum Gasteiger partial charge on any atom is 0.278 e. The van der Waals surface area contributed by atoms with Gasteiger partial charge in [0, 0.05) is 10.2 Å². The van der Waals surface area contributed by atoms with Crippen LogP contribution in [0.15, 0.2) is 53.0 Å². The van der Waals surface area contributed by atoms with Crippen molar-refractivity contribution in [1.29, 1.82) is 0 Å². The van der Waals surface area contributed by atoms with Gasteiger partial charge in [-0.1, -0.05) is 33.3 Å². The molecular formula is C17H15BrN4O2. The number of benzene rings is 2. The van der Waals surface area contributed by atoms with E-state index in [0.29, 0.717) is 17.1 Å². The second kappa shape index (κ2) is 6.84. The van der Waals surface area contributed by atoms with Gasteiger partial charge in [0.1, 0.15) is 11.4 Å². The number of amides is 1. The molecule has 0 radical (unpaired) electrons. The quantitative estimate of drug-likeness (QED) is 0.743. The molecule has 0 saturated heterocycles. The Kier molecular flexibility index (Phi) is 4.61. The SMILES string of the molecule is COc1ccccc1-n1nnc(C(=O)Nc2ccc(Br)cc2)c1C. The van der Waals surface area contributed by atoms with Gasteiger partial charge in [-0.25, -0.2) is 4.68 Å². The van der Waals surface area contributed by atoms with E-state index in [1.165, 1.54) is 0 Å². The van der Waals surface area contributed by atoms with Gasteiger partial charge in [0.05, 0.1) is 12.8 Å². The first-order valence-corrected chi connectivity index (χ1v) is 8.02. The zero-order valence-electron chi connectivity index (χ0n) is 13.2. The van der Waals surface area contributed by atoms with E-state index in [9.17, 15) is 4.79 Å². The van der Waals surface area contributed by atoms with Crippen LogP contribution in [0.5, 0.6) is 5.75 Å². The lowest BCUT2D eigenvalue weighted by Gasteiger charge is -2.09. The van der Waals surface area contributed by atoms with Gasteiger partial charge in [0.2, 0.25) is 0 Å². The molecule has 24 heavy (non-hydrogen) atoms. The first-order chi connectivity index (χ1) is 11.6. The number of hydrogen-bond acceptors (Lipinski definition) is 4. The third-order valence-electron chi connectivity index (χ3n) is 3.53. The van der Waals surface area contributed by atoms with Crippen molar-refractivity contribution in [2.75, 3.05) is 12.4 Å². The van der Waals surface area contributed by atoms with E-state index in [1.807, 2.05) is 48.5 Å².